The zero-order valence-electron chi connectivity index (χ0n) is 16.9. The summed E-state index contributed by atoms with van der Waals surface area (Å²) in [6.45, 7) is 3.30. The first kappa shape index (κ1) is 21.8. The van der Waals surface area contributed by atoms with Gasteiger partial charge in [-0.25, -0.2) is 9.37 Å². The average molecular weight is 462 g/mol. The third-order valence-corrected chi connectivity index (χ3v) is 5.25. The Hall–Kier alpha value is -3.39. The lowest BCUT2D eigenvalue weighted by molar-refractivity contribution is -0.145. The number of amides is 1. The second-order valence-electron chi connectivity index (χ2n) is 7.34. The van der Waals surface area contributed by atoms with Crippen molar-refractivity contribution < 1.29 is 22.4 Å². The molecule has 32 heavy (non-hydrogen) atoms. The molecule has 0 aliphatic heterocycles. The topological polar surface area (TPSA) is 46.9 Å². The third kappa shape index (κ3) is 4.05. The molecular weight excluding hydrogens is 446 g/mol. The number of hydrogen-bond acceptors (Lipinski definition) is 2. The monoisotopic (exact) mass is 461 g/mol. The minimum atomic E-state index is -4.66. The number of aryl methyl sites for hydroxylation is 2. The van der Waals surface area contributed by atoms with E-state index in [1.54, 1.807) is 25.1 Å². The van der Waals surface area contributed by atoms with Crippen LogP contribution in [0.25, 0.3) is 16.7 Å². The molecule has 0 saturated carbocycles. The number of carbonyl (C=O) groups excluding carboxylic acids is 1. The van der Waals surface area contributed by atoms with Crippen molar-refractivity contribution in [2.24, 2.45) is 0 Å². The van der Waals surface area contributed by atoms with Crippen LogP contribution in [0.5, 0.6) is 0 Å². The van der Waals surface area contributed by atoms with Crippen molar-refractivity contribution in [3.8, 4) is 5.69 Å². The van der Waals surface area contributed by atoms with Gasteiger partial charge in [0.05, 0.1) is 21.6 Å². The maximum absolute atomic E-state index is 13.8. The van der Waals surface area contributed by atoms with Gasteiger partial charge in [0.25, 0.3) is 5.91 Å². The highest BCUT2D eigenvalue weighted by Gasteiger charge is 2.38. The summed E-state index contributed by atoms with van der Waals surface area (Å²) in [5, 5.41) is 2.66. The molecule has 0 aliphatic carbocycles. The molecule has 0 bridgehead atoms. The van der Waals surface area contributed by atoms with Gasteiger partial charge in [0.15, 0.2) is 0 Å². The molecule has 3 aromatic carbocycles. The number of nitrogens with one attached hydrogen (secondary N) is 1. The number of carbonyl (C=O) groups is 1. The normalized spacial score (nSPS) is 11.7. The Labute approximate surface area is 185 Å². The number of fused-ring (bicyclic) bond motifs is 1. The van der Waals surface area contributed by atoms with E-state index in [1.165, 1.54) is 37.3 Å². The van der Waals surface area contributed by atoms with Crippen molar-refractivity contribution in [3.63, 3.8) is 0 Å². The van der Waals surface area contributed by atoms with E-state index in [-0.39, 0.29) is 21.8 Å². The predicted molar refractivity (Wildman–Crippen MR) is 115 cm³/mol. The Morgan fingerprint density at radius 3 is 2.38 bits per heavy atom. The van der Waals surface area contributed by atoms with Gasteiger partial charge in [-0.2, -0.15) is 13.2 Å². The summed E-state index contributed by atoms with van der Waals surface area (Å²) in [4.78, 5) is 16.3. The largest absolute Gasteiger partial charge is 0.450 e. The number of alkyl halides is 3. The lowest BCUT2D eigenvalue weighted by Gasteiger charge is -2.13. The highest BCUT2D eigenvalue weighted by Crippen LogP contribution is 2.34. The Balaban J connectivity index is 1.68. The molecule has 0 aliphatic rings. The molecule has 1 N–H and O–H groups in total. The van der Waals surface area contributed by atoms with Gasteiger partial charge >= 0.3 is 6.18 Å². The molecule has 1 heterocycles. The molecule has 164 valence electrons. The highest BCUT2D eigenvalue weighted by atomic mass is 35.5. The van der Waals surface area contributed by atoms with E-state index in [0.29, 0.717) is 16.8 Å². The van der Waals surface area contributed by atoms with E-state index in [4.69, 9.17) is 11.6 Å². The number of rotatable bonds is 3. The van der Waals surface area contributed by atoms with Crippen LogP contribution < -0.4 is 5.32 Å². The van der Waals surface area contributed by atoms with Gasteiger partial charge in [-0.1, -0.05) is 17.7 Å². The maximum atomic E-state index is 13.8. The van der Waals surface area contributed by atoms with Gasteiger partial charge in [-0.3, -0.25) is 9.36 Å². The second-order valence-corrected chi connectivity index (χ2v) is 7.75. The first-order valence-electron chi connectivity index (χ1n) is 9.48. The molecule has 9 heteroatoms. The number of hydrogen-bond donors (Lipinski definition) is 1. The zero-order chi connectivity index (χ0) is 23.2. The number of nitrogens with zero attached hydrogens (tertiary/aromatic N) is 2. The summed E-state index contributed by atoms with van der Waals surface area (Å²) in [5.41, 5.74) is 2.12. The summed E-state index contributed by atoms with van der Waals surface area (Å²) < 4.78 is 55.7. The molecule has 0 fully saturated rings. The van der Waals surface area contributed by atoms with Crippen LogP contribution in [0.3, 0.4) is 0 Å². The Kier molecular flexibility index (Phi) is 5.42. The molecule has 0 unspecified atom stereocenters. The number of aromatic nitrogens is 2. The van der Waals surface area contributed by atoms with Crippen molar-refractivity contribution in [1.82, 2.24) is 9.55 Å². The molecule has 4 rings (SSSR count). The third-order valence-electron chi connectivity index (χ3n) is 4.94. The molecule has 1 amide bonds. The standard InChI is InChI=1S/C23H16ClF4N3O/c1-12-3-8-20-19(9-12)30-22(23(26,27)28)31(20)15-6-4-14(5-7-15)29-21(32)16-11-18(25)13(2)10-17(16)24/h3-11H,1-2H3,(H,29,32). The van der Waals surface area contributed by atoms with Crippen LogP contribution >= 0.6 is 11.6 Å². The molecular formula is C23H16ClF4N3O. The Morgan fingerprint density at radius 2 is 1.72 bits per heavy atom. The molecule has 4 nitrogen and oxygen atoms in total. The smallest absolute Gasteiger partial charge is 0.322 e. The van der Waals surface area contributed by atoms with Crippen LogP contribution in [0.4, 0.5) is 23.2 Å². The van der Waals surface area contributed by atoms with Crippen molar-refractivity contribution in [1.29, 1.82) is 0 Å². The first-order valence-corrected chi connectivity index (χ1v) is 9.86. The van der Waals surface area contributed by atoms with E-state index in [2.05, 4.69) is 10.3 Å². The minimum absolute atomic E-state index is 0.0471. The summed E-state index contributed by atoms with van der Waals surface area (Å²) in [5.74, 6) is -2.25. The second kappa shape index (κ2) is 7.94. The van der Waals surface area contributed by atoms with E-state index in [9.17, 15) is 22.4 Å². The number of anilines is 1. The fraction of sp³-hybridized carbons (Fsp3) is 0.130. The Bertz CT molecular complexity index is 1340. The summed E-state index contributed by atoms with van der Waals surface area (Å²) in [6.07, 6.45) is -4.66. The predicted octanol–water partition coefficient (Wildman–Crippen LogP) is 6.71. The summed E-state index contributed by atoms with van der Waals surface area (Å²) in [6, 6.07) is 13.0. The lowest BCUT2D eigenvalue weighted by Crippen LogP contribution is -2.14. The Morgan fingerprint density at radius 1 is 1.03 bits per heavy atom. The van der Waals surface area contributed by atoms with E-state index in [0.717, 1.165) is 16.2 Å². The number of benzene rings is 3. The molecule has 0 atom stereocenters. The number of imidazole rings is 1. The minimum Gasteiger partial charge on any atom is -0.322 e. The van der Waals surface area contributed by atoms with Crippen LogP contribution in [0.1, 0.15) is 27.3 Å². The average Bonchev–Trinajstić information content (AvgIpc) is 3.10. The fourth-order valence-electron chi connectivity index (χ4n) is 3.35. The molecule has 0 radical (unpaired) electrons. The molecule has 0 spiro atoms. The van der Waals surface area contributed by atoms with Crippen LogP contribution in [0.2, 0.25) is 5.02 Å². The van der Waals surface area contributed by atoms with Gasteiger partial charge in [0.1, 0.15) is 5.82 Å². The number of halogens is 5. The SMILES string of the molecule is Cc1ccc2c(c1)nc(C(F)(F)F)n2-c1ccc(NC(=O)c2cc(F)c(C)cc2Cl)cc1. The van der Waals surface area contributed by atoms with E-state index < -0.39 is 23.7 Å². The van der Waals surface area contributed by atoms with Crippen LogP contribution in [-0.4, -0.2) is 15.5 Å². The van der Waals surface area contributed by atoms with Crippen LogP contribution in [0, 0.1) is 19.7 Å². The lowest BCUT2D eigenvalue weighted by atomic mass is 10.1. The first-order chi connectivity index (χ1) is 15.0. The molecule has 1 aromatic heterocycles. The van der Waals surface area contributed by atoms with Crippen molar-refractivity contribution in [2.75, 3.05) is 5.32 Å². The quantitative estimate of drug-likeness (QED) is 0.345. The van der Waals surface area contributed by atoms with Crippen molar-refractivity contribution in [2.45, 2.75) is 20.0 Å². The van der Waals surface area contributed by atoms with Crippen molar-refractivity contribution >= 4 is 34.2 Å². The van der Waals surface area contributed by atoms with Crippen LogP contribution in [0.15, 0.2) is 54.6 Å². The van der Waals surface area contributed by atoms with Gasteiger partial charge < -0.3 is 5.32 Å². The van der Waals surface area contributed by atoms with Crippen LogP contribution in [-0.2, 0) is 6.18 Å². The van der Waals surface area contributed by atoms with Gasteiger partial charge in [0.2, 0.25) is 5.82 Å². The van der Waals surface area contributed by atoms with Crippen molar-refractivity contribution in [3.05, 3.63) is 88.0 Å². The highest BCUT2D eigenvalue weighted by molar-refractivity contribution is 6.34. The molecule has 4 aromatic rings. The van der Waals surface area contributed by atoms with Gasteiger partial charge in [-0.15, -0.1) is 0 Å². The molecule has 0 saturated heterocycles. The van der Waals surface area contributed by atoms with Gasteiger partial charge in [-0.05, 0) is 73.5 Å². The zero-order valence-corrected chi connectivity index (χ0v) is 17.6. The fourth-order valence-corrected chi connectivity index (χ4v) is 3.66. The van der Waals surface area contributed by atoms with E-state index >= 15 is 0 Å². The summed E-state index contributed by atoms with van der Waals surface area (Å²) in [7, 11) is 0. The summed E-state index contributed by atoms with van der Waals surface area (Å²) >= 11 is 6.04. The van der Waals surface area contributed by atoms with E-state index in [1.807, 2.05) is 0 Å². The van der Waals surface area contributed by atoms with Gasteiger partial charge in [0, 0.05) is 11.4 Å². The maximum Gasteiger partial charge on any atom is 0.450 e.